The normalized spacial score (nSPS) is 16.0. The van der Waals surface area contributed by atoms with E-state index in [2.05, 4.69) is 32.2 Å². The number of aliphatic hydroxyl groups is 1. The predicted octanol–water partition coefficient (Wildman–Crippen LogP) is 1.89. The van der Waals surface area contributed by atoms with Gasteiger partial charge in [-0.15, -0.1) is 10.2 Å². The fourth-order valence-electron chi connectivity index (χ4n) is 2.84. The molecular formula is C16H22N4OS. The first-order valence-corrected chi connectivity index (χ1v) is 8.81. The van der Waals surface area contributed by atoms with Crippen LogP contribution in [-0.2, 0) is 6.42 Å². The minimum absolute atomic E-state index is 0.149. The Kier molecular flexibility index (Phi) is 5.48. The molecule has 1 aliphatic heterocycles. The summed E-state index contributed by atoms with van der Waals surface area (Å²) in [6.45, 7) is 2.34. The SMILES string of the molecule is OCCSc1nnc(CC2CCNCC2)n1-c1ccccc1. The first kappa shape index (κ1) is 15.5. The van der Waals surface area contributed by atoms with Gasteiger partial charge in [-0.3, -0.25) is 4.57 Å². The molecule has 1 aliphatic rings. The topological polar surface area (TPSA) is 63.0 Å². The van der Waals surface area contributed by atoms with Crippen molar-refractivity contribution < 1.29 is 5.11 Å². The van der Waals surface area contributed by atoms with Crippen molar-refractivity contribution in [2.24, 2.45) is 5.92 Å². The molecule has 0 saturated carbocycles. The van der Waals surface area contributed by atoms with E-state index >= 15 is 0 Å². The molecule has 0 aliphatic carbocycles. The van der Waals surface area contributed by atoms with Crippen molar-refractivity contribution in [1.29, 1.82) is 0 Å². The molecule has 5 nitrogen and oxygen atoms in total. The second kappa shape index (κ2) is 7.76. The number of piperidine rings is 1. The number of aliphatic hydroxyl groups excluding tert-OH is 1. The van der Waals surface area contributed by atoms with Gasteiger partial charge in [0.25, 0.3) is 0 Å². The van der Waals surface area contributed by atoms with Gasteiger partial charge in [-0.05, 0) is 44.0 Å². The molecule has 1 aromatic heterocycles. The molecule has 2 N–H and O–H groups in total. The predicted molar refractivity (Wildman–Crippen MR) is 88.5 cm³/mol. The Morgan fingerprint density at radius 3 is 2.68 bits per heavy atom. The minimum atomic E-state index is 0.149. The fraction of sp³-hybridized carbons (Fsp3) is 0.500. The molecule has 0 radical (unpaired) electrons. The van der Waals surface area contributed by atoms with E-state index in [9.17, 15) is 0 Å². The zero-order valence-electron chi connectivity index (χ0n) is 12.6. The third-order valence-electron chi connectivity index (χ3n) is 3.97. The molecule has 2 aromatic rings. The lowest BCUT2D eigenvalue weighted by molar-refractivity contribution is 0.322. The highest BCUT2D eigenvalue weighted by Crippen LogP contribution is 2.25. The molecule has 22 heavy (non-hydrogen) atoms. The largest absolute Gasteiger partial charge is 0.396 e. The van der Waals surface area contributed by atoms with Gasteiger partial charge in [0, 0.05) is 17.9 Å². The lowest BCUT2D eigenvalue weighted by Gasteiger charge is -2.22. The number of rotatable bonds is 6. The van der Waals surface area contributed by atoms with Crippen molar-refractivity contribution >= 4 is 11.8 Å². The maximum atomic E-state index is 9.07. The average Bonchev–Trinajstić information content (AvgIpc) is 2.97. The molecule has 3 rings (SSSR count). The van der Waals surface area contributed by atoms with Gasteiger partial charge in [-0.2, -0.15) is 0 Å². The Morgan fingerprint density at radius 1 is 1.18 bits per heavy atom. The molecule has 0 bridgehead atoms. The van der Waals surface area contributed by atoms with Gasteiger partial charge in [-0.25, -0.2) is 0 Å². The van der Waals surface area contributed by atoms with Crippen LogP contribution in [0, 0.1) is 5.92 Å². The zero-order chi connectivity index (χ0) is 15.2. The summed E-state index contributed by atoms with van der Waals surface area (Å²) in [5.74, 6) is 2.33. The van der Waals surface area contributed by atoms with Gasteiger partial charge in [0.05, 0.1) is 6.61 Å². The lowest BCUT2D eigenvalue weighted by atomic mass is 9.94. The number of aromatic nitrogens is 3. The summed E-state index contributed by atoms with van der Waals surface area (Å²) in [6, 6.07) is 10.2. The van der Waals surface area contributed by atoms with Crippen LogP contribution in [0.5, 0.6) is 0 Å². The van der Waals surface area contributed by atoms with Crippen LogP contribution in [0.1, 0.15) is 18.7 Å². The molecule has 2 heterocycles. The van der Waals surface area contributed by atoms with Crippen molar-refractivity contribution in [1.82, 2.24) is 20.1 Å². The van der Waals surface area contributed by atoms with E-state index < -0.39 is 0 Å². The summed E-state index contributed by atoms with van der Waals surface area (Å²) in [6.07, 6.45) is 3.35. The molecular weight excluding hydrogens is 296 g/mol. The number of para-hydroxylation sites is 1. The summed E-state index contributed by atoms with van der Waals surface area (Å²) in [7, 11) is 0. The van der Waals surface area contributed by atoms with Crippen molar-refractivity contribution in [2.45, 2.75) is 24.4 Å². The van der Waals surface area contributed by atoms with Crippen LogP contribution < -0.4 is 5.32 Å². The van der Waals surface area contributed by atoms with Gasteiger partial charge in [-0.1, -0.05) is 30.0 Å². The van der Waals surface area contributed by atoms with Crippen molar-refractivity contribution in [3.8, 4) is 5.69 Å². The number of nitrogens with one attached hydrogen (secondary N) is 1. The van der Waals surface area contributed by atoms with Crippen LogP contribution >= 0.6 is 11.8 Å². The van der Waals surface area contributed by atoms with Crippen molar-refractivity contribution in [2.75, 3.05) is 25.4 Å². The molecule has 1 saturated heterocycles. The second-order valence-corrected chi connectivity index (χ2v) is 6.60. The molecule has 0 spiro atoms. The molecule has 0 amide bonds. The molecule has 0 atom stereocenters. The quantitative estimate of drug-likeness (QED) is 0.797. The van der Waals surface area contributed by atoms with Gasteiger partial charge in [0.15, 0.2) is 5.16 Å². The second-order valence-electron chi connectivity index (χ2n) is 5.54. The molecule has 0 unspecified atom stereocenters. The highest BCUT2D eigenvalue weighted by atomic mass is 32.2. The number of benzene rings is 1. The van der Waals surface area contributed by atoms with E-state index in [4.69, 9.17) is 5.11 Å². The summed E-state index contributed by atoms with van der Waals surface area (Å²) in [5, 5.41) is 22.1. The van der Waals surface area contributed by atoms with Gasteiger partial charge >= 0.3 is 0 Å². The van der Waals surface area contributed by atoms with Crippen molar-refractivity contribution in [3.63, 3.8) is 0 Å². The maximum Gasteiger partial charge on any atom is 0.195 e. The van der Waals surface area contributed by atoms with E-state index in [1.165, 1.54) is 12.8 Å². The van der Waals surface area contributed by atoms with Crippen LogP contribution in [-0.4, -0.2) is 45.3 Å². The highest BCUT2D eigenvalue weighted by Gasteiger charge is 2.20. The van der Waals surface area contributed by atoms with E-state index in [0.29, 0.717) is 11.7 Å². The van der Waals surface area contributed by atoms with Crippen LogP contribution in [0.3, 0.4) is 0 Å². The Balaban J connectivity index is 1.86. The lowest BCUT2D eigenvalue weighted by Crippen LogP contribution is -2.29. The fourth-order valence-corrected chi connectivity index (χ4v) is 3.56. The maximum absolute atomic E-state index is 9.07. The number of hydrogen-bond acceptors (Lipinski definition) is 5. The smallest absolute Gasteiger partial charge is 0.195 e. The monoisotopic (exact) mass is 318 g/mol. The minimum Gasteiger partial charge on any atom is -0.396 e. The first-order valence-electron chi connectivity index (χ1n) is 7.82. The first-order chi connectivity index (χ1) is 10.9. The Morgan fingerprint density at radius 2 is 1.95 bits per heavy atom. The third-order valence-corrected chi connectivity index (χ3v) is 4.88. The van der Waals surface area contributed by atoms with Crippen molar-refractivity contribution in [3.05, 3.63) is 36.2 Å². The van der Waals surface area contributed by atoms with Gasteiger partial charge in [0.2, 0.25) is 0 Å². The number of nitrogens with zero attached hydrogens (tertiary/aromatic N) is 3. The Bertz CT molecular complexity index is 581. The van der Waals surface area contributed by atoms with Crippen LogP contribution in [0.25, 0.3) is 5.69 Å². The Labute approximate surface area is 135 Å². The zero-order valence-corrected chi connectivity index (χ0v) is 13.4. The summed E-state index contributed by atoms with van der Waals surface area (Å²) in [5.41, 5.74) is 1.09. The molecule has 6 heteroatoms. The average molecular weight is 318 g/mol. The number of hydrogen-bond donors (Lipinski definition) is 2. The van der Waals surface area contributed by atoms with Crippen LogP contribution in [0.15, 0.2) is 35.5 Å². The molecule has 1 aromatic carbocycles. The number of thioether (sulfide) groups is 1. The van der Waals surface area contributed by atoms with E-state index in [1.807, 2.05) is 18.2 Å². The molecule has 1 fully saturated rings. The van der Waals surface area contributed by atoms with E-state index in [1.54, 1.807) is 11.8 Å². The van der Waals surface area contributed by atoms with Gasteiger partial charge < -0.3 is 10.4 Å². The van der Waals surface area contributed by atoms with E-state index in [0.717, 1.165) is 36.2 Å². The molecule has 118 valence electrons. The summed E-state index contributed by atoms with van der Waals surface area (Å²) in [4.78, 5) is 0. The van der Waals surface area contributed by atoms with Gasteiger partial charge in [0.1, 0.15) is 5.82 Å². The summed E-state index contributed by atoms with van der Waals surface area (Å²) < 4.78 is 2.14. The third kappa shape index (κ3) is 3.69. The highest BCUT2D eigenvalue weighted by molar-refractivity contribution is 7.99. The van der Waals surface area contributed by atoms with Crippen LogP contribution in [0.2, 0.25) is 0 Å². The van der Waals surface area contributed by atoms with E-state index in [-0.39, 0.29) is 6.61 Å². The Hall–Kier alpha value is -1.37. The summed E-state index contributed by atoms with van der Waals surface area (Å²) >= 11 is 1.55. The van der Waals surface area contributed by atoms with Crippen LogP contribution in [0.4, 0.5) is 0 Å². The standard InChI is InChI=1S/C16H22N4OS/c21-10-11-22-16-19-18-15(12-13-6-8-17-9-7-13)20(16)14-4-2-1-3-5-14/h1-5,13,17,21H,6-12H2.